The zero-order valence-electron chi connectivity index (χ0n) is 16.6. The Bertz CT molecular complexity index is 782. The second-order valence-corrected chi connectivity index (χ2v) is 7.82. The lowest BCUT2D eigenvalue weighted by molar-refractivity contribution is -0.149. The molecule has 8 nitrogen and oxygen atoms in total. The van der Waals surface area contributed by atoms with Crippen molar-refractivity contribution in [3.05, 3.63) is 36.0 Å². The number of hydrogen-bond donors (Lipinski definition) is 1. The predicted molar refractivity (Wildman–Crippen MR) is 100 cm³/mol. The number of carbonyl (C=O) groups excluding carboxylic acids is 3. The zero-order chi connectivity index (χ0) is 21.3. The number of carbonyl (C=O) groups is 3. The van der Waals surface area contributed by atoms with Gasteiger partial charge in [-0.15, -0.1) is 0 Å². The fourth-order valence-electron chi connectivity index (χ4n) is 3.90. The van der Waals surface area contributed by atoms with Crippen LogP contribution in [0.2, 0.25) is 0 Å². The van der Waals surface area contributed by atoms with E-state index in [1.807, 2.05) is 0 Å². The molecule has 0 radical (unpaired) electrons. The SMILES string of the molecule is C=C(C)C(=O)OC1CC2(CO)OC2CC/C(COC(C)=O)=C\C2OC(=O)C(=C)C21. The van der Waals surface area contributed by atoms with E-state index in [2.05, 4.69) is 13.2 Å². The third-order valence-electron chi connectivity index (χ3n) is 5.58. The van der Waals surface area contributed by atoms with Crippen LogP contribution < -0.4 is 0 Å². The number of epoxide rings is 1. The number of rotatable bonds is 5. The van der Waals surface area contributed by atoms with Crippen LogP contribution in [0.4, 0.5) is 0 Å². The van der Waals surface area contributed by atoms with E-state index < -0.39 is 41.6 Å². The molecular weight excluding hydrogens is 380 g/mol. The maximum absolute atomic E-state index is 12.2. The molecule has 0 aromatic heterocycles. The summed E-state index contributed by atoms with van der Waals surface area (Å²) >= 11 is 0. The van der Waals surface area contributed by atoms with Crippen molar-refractivity contribution < 1.29 is 38.4 Å². The fraction of sp³-hybridized carbons (Fsp3) is 0.571. The first-order chi connectivity index (χ1) is 13.7. The first kappa shape index (κ1) is 21.3. The Balaban J connectivity index is 1.96. The molecule has 3 aliphatic rings. The van der Waals surface area contributed by atoms with E-state index >= 15 is 0 Å². The van der Waals surface area contributed by atoms with Gasteiger partial charge in [-0.05, 0) is 31.4 Å². The van der Waals surface area contributed by atoms with Gasteiger partial charge < -0.3 is 24.1 Å². The van der Waals surface area contributed by atoms with Crippen LogP contribution in [0.1, 0.15) is 33.1 Å². The number of aliphatic hydroxyl groups is 1. The van der Waals surface area contributed by atoms with E-state index in [9.17, 15) is 19.5 Å². The average Bonchev–Trinajstić information content (AvgIpc) is 3.28. The Hall–Kier alpha value is -2.45. The molecule has 0 spiro atoms. The zero-order valence-corrected chi connectivity index (χ0v) is 16.6. The van der Waals surface area contributed by atoms with Gasteiger partial charge in [-0.1, -0.05) is 13.2 Å². The van der Waals surface area contributed by atoms with Crippen molar-refractivity contribution in [1.29, 1.82) is 0 Å². The summed E-state index contributed by atoms with van der Waals surface area (Å²) in [5.41, 5.74) is 0.294. The molecular formula is C21H26O8. The average molecular weight is 406 g/mol. The maximum atomic E-state index is 12.2. The van der Waals surface area contributed by atoms with Crippen LogP contribution in [0.25, 0.3) is 0 Å². The minimum absolute atomic E-state index is 0.0532. The van der Waals surface area contributed by atoms with Gasteiger partial charge in [0.25, 0.3) is 0 Å². The lowest BCUT2D eigenvalue weighted by atomic mass is 9.82. The summed E-state index contributed by atoms with van der Waals surface area (Å²) in [5.74, 6) is -2.25. The minimum Gasteiger partial charge on any atom is -0.461 e. The molecule has 29 heavy (non-hydrogen) atoms. The van der Waals surface area contributed by atoms with Crippen LogP contribution in [0.15, 0.2) is 36.0 Å². The Morgan fingerprint density at radius 2 is 2.10 bits per heavy atom. The first-order valence-corrected chi connectivity index (χ1v) is 9.54. The van der Waals surface area contributed by atoms with Crippen molar-refractivity contribution in [2.45, 2.75) is 57.0 Å². The summed E-state index contributed by atoms with van der Waals surface area (Å²) in [4.78, 5) is 35.7. The lowest BCUT2D eigenvalue weighted by Crippen LogP contribution is -2.39. The van der Waals surface area contributed by atoms with E-state index in [1.54, 1.807) is 6.08 Å². The second-order valence-electron chi connectivity index (χ2n) is 7.82. The predicted octanol–water partition coefficient (Wildman–Crippen LogP) is 1.38. The molecule has 1 aliphatic carbocycles. The van der Waals surface area contributed by atoms with Gasteiger partial charge in [0, 0.05) is 24.5 Å². The van der Waals surface area contributed by atoms with Crippen LogP contribution in [0.5, 0.6) is 0 Å². The van der Waals surface area contributed by atoms with Crippen LogP contribution in [-0.4, -0.2) is 60.1 Å². The Labute approximate surface area is 169 Å². The number of hydrogen-bond acceptors (Lipinski definition) is 8. The molecule has 0 amide bonds. The van der Waals surface area contributed by atoms with Crippen LogP contribution >= 0.6 is 0 Å². The molecule has 2 fully saturated rings. The van der Waals surface area contributed by atoms with Crippen molar-refractivity contribution in [1.82, 2.24) is 0 Å². The first-order valence-electron chi connectivity index (χ1n) is 9.54. The summed E-state index contributed by atoms with van der Waals surface area (Å²) in [6, 6.07) is 0. The standard InChI is InChI=1S/C21H26O8/c1-11(2)19(24)28-16-8-21(10-22)17(29-21)6-5-14(9-26-13(4)23)7-15-18(16)12(3)20(25)27-15/h7,15-18,22H,1,3,5-6,8-10H2,2,4H3/b14-7+. The fourth-order valence-corrected chi connectivity index (χ4v) is 3.90. The molecule has 0 aromatic rings. The van der Waals surface area contributed by atoms with Gasteiger partial charge in [0.1, 0.15) is 24.4 Å². The molecule has 0 saturated carbocycles. The third kappa shape index (κ3) is 4.43. The van der Waals surface area contributed by atoms with Crippen molar-refractivity contribution >= 4 is 17.9 Å². The number of ether oxygens (including phenoxy) is 4. The summed E-state index contributed by atoms with van der Waals surface area (Å²) in [6.45, 7) is 10.1. The lowest BCUT2D eigenvalue weighted by Gasteiger charge is -2.29. The van der Waals surface area contributed by atoms with Gasteiger partial charge in [-0.3, -0.25) is 4.79 Å². The second kappa shape index (κ2) is 8.12. The molecule has 3 rings (SSSR count). The number of fused-ring (bicyclic) bond motifs is 2. The van der Waals surface area contributed by atoms with Gasteiger partial charge in [0.15, 0.2) is 0 Å². The van der Waals surface area contributed by atoms with E-state index in [-0.39, 0.29) is 36.9 Å². The van der Waals surface area contributed by atoms with Crippen LogP contribution in [0, 0.1) is 5.92 Å². The largest absolute Gasteiger partial charge is 0.461 e. The van der Waals surface area contributed by atoms with Crippen molar-refractivity contribution in [3.63, 3.8) is 0 Å². The highest BCUT2D eigenvalue weighted by molar-refractivity contribution is 5.91. The van der Waals surface area contributed by atoms with E-state index in [1.165, 1.54) is 13.8 Å². The normalized spacial score (nSPS) is 35.3. The molecule has 5 unspecified atom stereocenters. The van der Waals surface area contributed by atoms with Crippen LogP contribution in [0.3, 0.4) is 0 Å². The van der Waals surface area contributed by atoms with Crippen molar-refractivity contribution in [2.24, 2.45) is 5.92 Å². The molecule has 158 valence electrons. The number of esters is 3. The highest BCUT2D eigenvalue weighted by atomic mass is 16.6. The minimum atomic E-state index is -0.861. The molecule has 0 bridgehead atoms. The molecule has 2 heterocycles. The summed E-state index contributed by atoms with van der Waals surface area (Å²) in [6.07, 6.45) is 1.31. The topological polar surface area (TPSA) is 112 Å². The molecule has 2 aliphatic heterocycles. The van der Waals surface area contributed by atoms with Crippen molar-refractivity contribution in [2.75, 3.05) is 13.2 Å². The molecule has 5 atom stereocenters. The highest BCUT2D eigenvalue weighted by Crippen LogP contribution is 2.48. The monoisotopic (exact) mass is 406 g/mol. The van der Waals surface area contributed by atoms with Gasteiger partial charge in [-0.25, -0.2) is 9.59 Å². The number of aliphatic hydroxyl groups excluding tert-OH is 1. The smallest absolute Gasteiger partial charge is 0.334 e. The third-order valence-corrected chi connectivity index (χ3v) is 5.58. The maximum Gasteiger partial charge on any atom is 0.334 e. The summed E-state index contributed by atoms with van der Waals surface area (Å²) < 4.78 is 22.0. The van der Waals surface area contributed by atoms with Gasteiger partial charge in [0.05, 0.1) is 18.6 Å². The van der Waals surface area contributed by atoms with Gasteiger partial charge >= 0.3 is 17.9 Å². The Morgan fingerprint density at radius 1 is 1.38 bits per heavy atom. The molecule has 2 saturated heterocycles. The summed E-state index contributed by atoms with van der Waals surface area (Å²) in [5, 5.41) is 9.94. The van der Waals surface area contributed by atoms with E-state index in [4.69, 9.17) is 18.9 Å². The summed E-state index contributed by atoms with van der Waals surface area (Å²) in [7, 11) is 0. The Kier molecular flexibility index (Phi) is 5.95. The Morgan fingerprint density at radius 3 is 2.72 bits per heavy atom. The molecule has 8 heteroatoms. The molecule has 1 N–H and O–H groups in total. The van der Waals surface area contributed by atoms with Crippen molar-refractivity contribution in [3.8, 4) is 0 Å². The van der Waals surface area contributed by atoms with E-state index in [0.717, 1.165) is 5.57 Å². The van der Waals surface area contributed by atoms with Gasteiger partial charge in [0.2, 0.25) is 0 Å². The van der Waals surface area contributed by atoms with Crippen LogP contribution in [-0.2, 0) is 33.3 Å². The van der Waals surface area contributed by atoms with E-state index in [0.29, 0.717) is 12.8 Å². The van der Waals surface area contributed by atoms with Gasteiger partial charge in [-0.2, -0.15) is 0 Å². The highest BCUT2D eigenvalue weighted by Gasteiger charge is 2.59. The quantitative estimate of drug-likeness (QED) is 0.240. The molecule has 0 aromatic carbocycles.